The van der Waals surface area contributed by atoms with Crippen LogP contribution in [0.4, 0.5) is 5.82 Å². The molecule has 0 atom stereocenters. The van der Waals surface area contributed by atoms with Gasteiger partial charge in [-0.05, 0) is 44.7 Å². The lowest BCUT2D eigenvalue weighted by atomic mass is 10.1. The number of nitrogens with zero attached hydrogens (tertiary/aromatic N) is 4. The second kappa shape index (κ2) is 8.39. The van der Waals surface area contributed by atoms with E-state index in [1.807, 2.05) is 30.3 Å². The number of hydrogen-bond donors (Lipinski definition) is 3. The molecule has 7 heteroatoms. The molecule has 0 spiro atoms. The molecule has 1 heterocycles. The van der Waals surface area contributed by atoms with E-state index in [-0.39, 0.29) is 0 Å². The number of guanidine groups is 1. The van der Waals surface area contributed by atoms with Gasteiger partial charge in [0, 0.05) is 19.1 Å². The average Bonchev–Trinajstić information content (AvgIpc) is 3.41. The molecule has 1 aliphatic carbocycles. The van der Waals surface area contributed by atoms with Gasteiger partial charge < -0.3 is 16.4 Å². The lowest BCUT2D eigenvalue weighted by Gasteiger charge is -2.09. The van der Waals surface area contributed by atoms with Gasteiger partial charge in [-0.2, -0.15) is 10.4 Å². The van der Waals surface area contributed by atoms with Gasteiger partial charge in [-0.1, -0.05) is 18.2 Å². The van der Waals surface area contributed by atoms with Crippen LogP contribution in [0, 0.1) is 11.3 Å². The Balaban J connectivity index is 1.65. The molecule has 2 aromatic rings. The Hall–Kier alpha value is -3.01. The number of nitrogens with one attached hydrogen (secondary N) is 2. The van der Waals surface area contributed by atoms with E-state index in [4.69, 9.17) is 5.73 Å². The third-order valence-corrected chi connectivity index (χ3v) is 4.21. The van der Waals surface area contributed by atoms with E-state index in [9.17, 15) is 5.26 Å². The highest BCUT2D eigenvalue weighted by Gasteiger charge is 2.22. The van der Waals surface area contributed by atoms with E-state index >= 15 is 0 Å². The summed E-state index contributed by atoms with van der Waals surface area (Å²) in [4.78, 5) is 4.60. The maximum Gasteiger partial charge on any atom is 0.191 e. The molecule has 0 unspecified atom stereocenters. The summed E-state index contributed by atoms with van der Waals surface area (Å²) < 4.78 is 1.63. The molecule has 136 valence electrons. The lowest BCUT2D eigenvalue weighted by molar-refractivity contribution is 0.758. The summed E-state index contributed by atoms with van der Waals surface area (Å²) in [6.45, 7) is 3.57. The molecular formula is C19H25N7. The fourth-order valence-corrected chi connectivity index (χ4v) is 2.72. The maximum atomic E-state index is 9.45. The molecule has 0 radical (unpaired) electrons. The van der Waals surface area contributed by atoms with Crippen molar-refractivity contribution < 1.29 is 0 Å². The minimum atomic E-state index is 0.390. The topological polar surface area (TPSA) is 104 Å². The number of nitriles is 1. The van der Waals surface area contributed by atoms with E-state index < -0.39 is 0 Å². The molecule has 0 bridgehead atoms. The summed E-state index contributed by atoms with van der Waals surface area (Å²) in [5.74, 6) is 1.26. The predicted octanol–water partition coefficient (Wildman–Crippen LogP) is 1.98. The van der Waals surface area contributed by atoms with E-state index in [2.05, 4.69) is 33.7 Å². The molecule has 1 aromatic heterocycles. The number of rotatable bonds is 7. The summed E-state index contributed by atoms with van der Waals surface area (Å²) >= 11 is 0. The highest BCUT2D eigenvalue weighted by Crippen LogP contribution is 2.21. The summed E-state index contributed by atoms with van der Waals surface area (Å²) in [5, 5.41) is 20.7. The molecule has 1 aromatic carbocycles. The fourth-order valence-electron chi connectivity index (χ4n) is 2.72. The number of aliphatic imine (C=N–C) groups is 1. The Labute approximate surface area is 153 Å². The van der Waals surface area contributed by atoms with Crippen LogP contribution < -0.4 is 16.4 Å². The van der Waals surface area contributed by atoms with Gasteiger partial charge in [0.1, 0.15) is 17.5 Å². The van der Waals surface area contributed by atoms with Crippen molar-refractivity contribution in [3.05, 3.63) is 41.6 Å². The molecule has 0 amide bonds. The summed E-state index contributed by atoms with van der Waals surface area (Å²) in [6.07, 6.45) is 3.90. The van der Waals surface area contributed by atoms with Crippen LogP contribution in [0.1, 0.15) is 37.4 Å². The maximum absolute atomic E-state index is 9.45. The molecule has 26 heavy (non-hydrogen) atoms. The van der Waals surface area contributed by atoms with Crippen LogP contribution in [0.15, 0.2) is 35.3 Å². The van der Waals surface area contributed by atoms with Crippen LogP contribution in [0.25, 0.3) is 5.69 Å². The summed E-state index contributed by atoms with van der Waals surface area (Å²) in [5.41, 5.74) is 8.17. The van der Waals surface area contributed by atoms with E-state index in [1.165, 1.54) is 12.8 Å². The van der Waals surface area contributed by atoms with Crippen LogP contribution >= 0.6 is 0 Å². The number of nitrogens with two attached hydrogens (primary N) is 1. The van der Waals surface area contributed by atoms with E-state index in [0.717, 1.165) is 30.3 Å². The van der Waals surface area contributed by atoms with Crippen molar-refractivity contribution in [2.24, 2.45) is 4.99 Å². The zero-order valence-corrected chi connectivity index (χ0v) is 15.1. The number of nitrogen functional groups attached to an aromatic ring is 1. The SMILES string of the molecule is CCNC(=NCCCc1nn(-c2ccccc2)c(N)c1C#N)NC1CC1. The monoisotopic (exact) mass is 351 g/mol. The average molecular weight is 351 g/mol. The smallest absolute Gasteiger partial charge is 0.191 e. The Morgan fingerprint density at radius 2 is 2.15 bits per heavy atom. The highest BCUT2D eigenvalue weighted by molar-refractivity contribution is 5.80. The molecule has 1 aliphatic rings. The predicted molar refractivity (Wildman–Crippen MR) is 103 cm³/mol. The van der Waals surface area contributed by atoms with Gasteiger partial charge in [0.05, 0.1) is 11.4 Å². The second-order valence-corrected chi connectivity index (χ2v) is 6.35. The van der Waals surface area contributed by atoms with Crippen LogP contribution in [0.2, 0.25) is 0 Å². The first kappa shape index (κ1) is 17.8. The van der Waals surface area contributed by atoms with Crippen molar-refractivity contribution in [2.75, 3.05) is 18.8 Å². The van der Waals surface area contributed by atoms with Gasteiger partial charge in [0.25, 0.3) is 0 Å². The Bertz CT molecular complexity index is 797. The largest absolute Gasteiger partial charge is 0.382 e. The van der Waals surface area contributed by atoms with Gasteiger partial charge in [0.15, 0.2) is 5.96 Å². The van der Waals surface area contributed by atoms with Crippen molar-refractivity contribution in [2.45, 2.75) is 38.6 Å². The molecule has 1 saturated carbocycles. The van der Waals surface area contributed by atoms with Gasteiger partial charge in [-0.3, -0.25) is 4.99 Å². The Morgan fingerprint density at radius 3 is 2.81 bits per heavy atom. The summed E-state index contributed by atoms with van der Waals surface area (Å²) in [6, 6.07) is 12.4. The minimum absolute atomic E-state index is 0.390. The molecular weight excluding hydrogens is 326 g/mol. The molecule has 0 saturated heterocycles. The molecule has 4 N–H and O–H groups in total. The third kappa shape index (κ3) is 4.33. The van der Waals surface area contributed by atoms with Crippen molar-refractivity contribution in [3.8, 4) is 11.8 Å². The zero-order valence-electron chi connectivity index (χ0n) is 15.1. The number of para-hydroxylation sites is 1. The molecule has 3 rings (SSSR count). The lowest BCUT2D eigenvalue weighted by Crippen LogP contribution is -2.38. The number of aryl methyl sites for hydroxylation is 1. The first-order valence-electron chi connectivity index (χ1n) is 9.10. The number of benzene rings is 1. The van der Waals surface area contributed by atoms with Crippen LogP contribution in [0.5, 0.6) is 0 Å². The molecule has 7 nitrogen and oxygen atoms in total. The molecule has 1 fully saturated rings. The van der Waals surface area contributed by atoms with Gasteiger partial charge in [-0.25, -0.2) is 4.68 Å². The first-order valence-corrected chi connectivity index (χ1v) is 9.10. The normalized spacial score (nSPS) is 14.1. The first-order chi connectivity index (χ1) is 12.7. The molecule has 0 aliphatic heterocycles. The van der Waals surface area contributed by atoms with E-state index in [1.54, 1.807) is 4.68 Å². The van der Waals surface area contributed by atoms with E-state index in [0.29, 0.717) is 30.4 Å². The third-order valence-electron chi connectivity index (χ3n) is 4.21. The Kier molecular flexibility index (Phi) is 5.74. The van der Waals surface area contributed by atoms with Gasteiger partial charge in [-0.15, -0.1) is 0 Å². The van der Waals surface area contributed by atoms with Crippen molar-refractivity contribution in [1.82, 2.24) is 20.4 Å². The zero-order chi connectivity index (χ0) is 18.4. The van der Waals surface area contributed by atoms with Crippen LogP contribution in [-0.4, -0.2) is 34.9 Å². The van der Waals surface area contributed by atoms with Crippen LogP contribution in [0.3, 0.4) is 0 Å². The van der Waals surface area contributed by atoms with Crippen molar-refractivity contribution >= 4 is 11.8 Å². The number of aromatic nitrogens is 2. The second-order valence-electron chi connectivity index (χ2n) is 6.35. The standard InChI is InChI=1S/C19H25N7/c1-2-22-19(24-14-10-11-14)23-12-6-9-17-16(13-20)18(21)26(25-17)15-7-4-3-5-8-15/h3-5,7-8,14H,2,6,9-12,21H2,1H3,(H2,22,23,24). The highest BCUT2D eigenvalue weighted by atomic mass is 15.3. The Morgan fingerprint density at radius 1 is 1.38 bits per heavy atom. The number of anilines is 1. The summed E-state index contributed by atoms with van der Waals surface area (Å²) in [7, 11) is 0. The minimum Gasteiger partial charge on any atom is -0.382 e. The quantitative estimate of drug-likeness (QED) is 0.402. The van der Waals surface area contributed by atoms with Gasteiger partial charge in [0.2, 0.25) is 0 Å². The van der Waals surface area contributed by atoms with Crippen LogP contribution in [-0.2, 0) is 6.42 Å². The number of hydrogen-bond acceptors (Lipinski definition) is 4. The van der Waals surface area contributed by atoms with Crippen molar-refractivity contribution in [3.63, 3.8) is 0 Å². The van der Waals surface area contributed by atoms with Gasteiger partial charge >= 0.3 is 0 Å². The fraction of sp³-hybridized carbons (Fsp3) is 0.421. The van der Waals surface area contributed by atoms with Crippen molar-refractivity contribution in [1.29, 1.82) is 5.26 Å².